The lowest BCUT2D eigenvalue weighted by Gasteiger charge is -2.19. The molecule has 1 heterocycles. The molecule has 2 rings (SSSR count). The number of imide groups is 1. The summed E-state index contributed by atoms with van der Waals surface area (Å²) in [6, 6.07) is 6.01. The van der Waals surface area contributed by atoms with Gasteiger partial charge in [-0.05, 0) is 57.1 Å². The number of benzene rings is 1. The third-order valence-electron chi connectivity index (χ3n) is 4.47. The van der Waals surface area contributed by atoms with Crippen molar-refractivity contribution in [2.45, 2.75) is 38.6 Å². The van der Waals surface area contributed by atoms with Gasteiger partial charge in [-0.25, -0.2) is 4.79 Å². The molecule has 4 amide bonds. The van der Waals surface area contributed by atoms with Crippen molar-refractivity contribution in [3.63, 3.8) is 0 Å². The van der Waals surface area contributed by atoms with Crippen LogP contribution in [0.15, 0.2) is 24.3 Å². The third-order valence-corrected chi connectivity index (χ3v) is 4.47. The van der Waals surface area contributed by atoms with Crippen LogP contribution in [0.4, 0.5) is 16.2 Å². The van der Waals surface area contributed by atoms with E-state index in [1.54, 1.807) is 31.2 Å². The first kappa shape index (κ1) is 20.7. The number of hydrogen-bond acceptors (Lipinski definition) is 5. The molecule has 8 nitrogen and oxygen atoms in total. The maximum absolute atomic E-state index is 12.2. The Morgan fingerprint density at radius 2 is 1.59 bits per heavy atom. The Morgan fingerprint density at radius 3 is 2.19 bits per heavy atom. The summed E-state index contributed by atoms with van der Waals surface area (Å²) in [5.74, 6) is -0.444. The summed E-state index contributed by atoms with van der Waals surface area (Å²) in [6.07, 6.45) is 4.79. The second-order valence-electron chi connectivity index (χ2n) is 6.75. The molecular formula is C19H29N5O3. The zero-order valence-electron chi connectivity index (χ0n) is 16.0. The smallest absolute Gasteiger partial charge is 0.321 e. The number of likely N-dealkylation sites (tertiary alicyclic amines) is 1. The third kappa shape index (κ3) is 7.26. The van der Waals surface area contributed by atoms with E-state index in [1.807, 2.05) is 0 Å². The summed E-state index contributed by atoms with van der Waals surface area (Å²) < 4.78 is 0. The molecular weight excluding hydrogens is 346 g/mol. The van der Waals surface area contributed by atoms with Crippen molar-refractivity contribution in [3.8, 4) is 0 Å². The fourth-order valence-corrected chi connectivity index (χ4v) is 2.95. The highest BCUT2D eigenvalue weighted by Gasteiger charge is 2.15. The molecule has 1 aromatic rings. The first-order valence-corrected chi connectivity index (χ1v) is 9.39. The maximum atomic E-state index is 12.2. The van der Waals surface area contributed by atoms with Crippen LogP contribution >= 0.6 is 0 Å². The first-order valence-electron chi connectivity index (χ1n) is 9.39. The van der Waals surface area contributed by atoms with Crippen molar-refractivity contribution in [3.05, 3.63) is 24.3 Å². The quantitative estimate of drug-likeness (QED) is 0.607. The molecule has 0 spiro atoms. The number of anilines is 2. The van der Waals surface area contributed by atoms with E-state index < -0.39 is 18.0 Å². The molecule has 1 saturated heterocycles. The Morgan fingerprint density at radius 1 is 1.00 bits per heavy atom. The Balaban J connectivity index is 1.80. The standard InChI is InChI=1S/C19H29N5O3/c1-14(18(26)23-19(27)20-2)21-15-7-9-16(10-8-15)22-17(25)13-24-11-5-3-4-6-12-24/h7-10,14,21H,3-6,11-13H2,1-2H3,(H,22,25)(H2,20,23,26,27)/t14-/m0/s1. The molecule has 1 aliphatic heterocycles. The summed E-state index contributed by atoms with van der Waals surface area (Å²) in [5.41, 5.74) is 1.43. The van der Waals surface area contributed by atoms with E-state index in [0.29, 0.717) is 12.2 Å². The van der Waals surface area contributed by atoms with E-state index in [4.69, 9.17) is 0 Å². The first-order chi connectivity index (χ1) is 13.0. The summed E-state index contributed by atoms with van der Waals surface area (Å²) >= 11 is 0. The van der Waals surface area contributed by atoms with E-state index in [1.165, 1.54) is 19.9 Å². The average molecular weight is 375 g/mol. The molecule has 4 N–H and O–H groups in total. The lowest BCUT2D eigenvalue weighted by atomic mass is 10.2. The summed E-state index contributed by atoms with van der Waals surface area (Å²) in [5, 5.41) is 10.5. The Hall–Kier alpha value is -2.61. The Kier molecular flexibility index (Phi) is 8.06. The lowest BCUT2D eigenvalue weighted by Crippen LogP contribution is -2.44. The average Bonchev–Trinajstić information content (AvgIpc) is 2.91. The SMILES string of the molecule is CNC(=O)NC(=O)[C@H](C)Nc1ccc(NC(=O)CN2CCCCCC2)cc1. The normalized spacial score (nSPS) is 15.9. The maximum Gasteiger partial charge on any atom is 0.321 e. The fourth-order valence-electron chi connectivity index (χ4n) is 2.95. The van der Waals surface area contributed by atoms with Crippen molar-refractivity contribution >= 4 is 29.2 Å². The van der Waals surface area contributed by atoms with Crippen LogP contribution < -0.4 is 21.3 Å². The molecule has 0 aliphatic carbocycles. The molecule has 8 heteroatoms. The van der Waals surface area contributed by atoms with Crippen LogP contribution in [0.3, 0.4) is 0 Å². The van der Waals surface area contributed by atoms with E-state index in [2.05, 4.69) is 26.2 Å². The van der Waals surface area contributed by atoms with Crippen LogP contribution in [0, 0.1) is 0 Å². The largest absolute Gasteiger partial charge is 0.374 e. The van der Waals surface area contributed by atoms with Crippen molar-refractivity contribution in [2.75, 3.05) is 37.3 Å². The van der Waals surface area contributed by atoms with Crippen LogP contribution in [-0.2, 0) is 9.59 Å². The number of amides is 4. The molecule has 0 aromatic heterocycles. The van der Waals surface area contributed by atoms with Gasteiger partial charge in [-0.2, -0.15) is 0 Å². The predicted molar refractivity (Wildman–Crippen MR) is 106 cm³/mol. The van der Waals surface area contributed by atoms with E-state index >= 15 is 0 Å². The van der Waals surface area contributed by atoms with Crippen molar-refractivity contribution in [2.24, 2.45) is 0 Å². The minimum absolute atomic E-state index is 0.0177. The predicted octanol–water partition coefficient (Wildman–Crippen LogP) is 1.76. The number of nitrogens with one attached hydrogen (secondary N) is 4. The molecule has 0 saturated carbocycles. The highest BCUT2D eigenvalue weighted by atomic mass is 16.2. The minimum Gasteiger partial charge on any atom is -0.374 e. The van der Waals surface area contributed by atoms with E-state index in [9.17, 15) is 14.4 Å². The topological polar surface area (TPSA) is 103 Å². The zero-order chi connectivity index (χ0) is 19.6. The van der Waals surface area contributed by atoms with Gasteiger partial charge in [0, 0.05) is 18.4 Å². The van der Waals surface area contributed by atoms with Crippen LogP contribution in [-0.4, -0.2) is 55.5 Å². The van der Waals surface area contributed by atoms with Crippen LogP contribution in [0.2, 0.25) is 0 Å². The number of carbonyl (C=O) groups excluding carboxylic acids is 3. The number of rotatable bonds is 6. The van der Waals surface area contributed by atoms with Gasteiger partial charge in [0.25, 0.3) is 0 Å². The molecule has 1 aromatic carbocycles. The molecule has 27 heavy (non-hydrogen) atoms. The Bertz CT molecular complexity index is 639. The molecule has 1 fully saturated rings. The van der Waals surface area contributed by atoms with Gasteiger partial charge in [-0.1, -0.05) is 12.8 Å². The molecule has 0 radical (unpaired) electrons. The molecule has 1 atom stereocenters. The number of carbonyl (C=O) groups is 3. The number of urea groups is 1. The zero-order valence-corrected chi connectivity index (χ0v) is 16.0. The van der Waals surface area contributed by atoms with Crippen molar-refractivity contribution in [1.82, 2.24) is 15.5 Å². The van der Waals surface area contributed by atoms with Gasteiger partial charge in [0.05, 0.1) is 6.54 Å². The van der Waals surface area contributed by atoms with Crippen LogP contribution in [0.25, 0.3) is 0 Å². The second kappa shape index (κ2) is 10.5. The highest BCUT2D eigenvalue weighted by molar-refractivity contribution is 5.98. The van der Waals surface area contributed by atoms with Gasteiger partial charge in [-0.15, -0.1) is 0 Å². The van der Waals surface area contributed by atoms with Gasteiger partial charge in [0.2, 0.25) is 11.8 Å². The fraction of sp³-hybridized carbons (Fsp3) is 0.526. The van der Waals surface area contributed by atoms with Gasteiger partial charge < -0.3 is 16.0 Å². The van der Waals surface area contributed by atoms with Gasteiger partial charge in [0.1, 0.15) is 6.04 Å². The highest BCUT2D eigenvalue weighted by Crippen LogP contribution is 2.15. The summed E-state index contributed by atoms with van der Waals surface area (Å²) in [4.78, 5) is 37.4. The van der Waals surface area contributed by atoms with Crippen LogP contribution in [0.5, 0.6) is 0 Å². The van der Waals surface area contributed by atoms with Crippen LogP contribution in [0.1, 0.15) is 32.6 Å². The molecule has 148 valence electrons. The van der Waals surface area contributed by atoms with E-state index in [0.717, 1.165) is 31.6 Å². The minimum atomic E-state index is -0.578. The summed E-state index contributed by atoms with van der Waals surface area (Å²) in [6.45, 7) is 4.03. The molecule has 0 bridgehead atoms. The second-order valence-corrected chi connectivity index (χ2v) is 6.75. The van der Waals surface area contributed by atoms with E-state index in [-0.39, 0.29) is 5.91 Å². The summed E-state index contributed by atoms with van der Waals surface area (Å²) in [7, 11) is 1.45. The lowest BCUT2D eigenvalue weighted by molar-refractivity contribution is -0.120. The van der Waals surface area contributed by atoms with Gasteiger partial charge in [0.15, 0.2) is 0 Å². The van der Waals surface area contributed by atoms with Crippen molar-refractivity contribution in [1.29, 1.82) is 0 Å². The van der Waals surface area contributed by atoms with Gasteiger partial charge >= 0.3 is 6.03 Å². The molecule has 1 aliphatic rings. The van der Waals surface area contributed by atoms with Crippen molar-refractivity contribution < 1.29 is 14.4 Å². The Labute approximate surface area is 160 Å². The van der Waals surface area contributed by atoms with Gasteiger partial charge in [-0.3, -0.25) is 19.8 Å². The monoisotopic (exact) mass is 375 g/mol. The molecule has 0 unspecified atom stereocenters. The number of hydrogen-bond donors (Lipinski definition) is 4. The number of nitrogens with zero attached hydrogens (tertiary/aromatic N) is 1.